The summed E-state index contributed by atoms with van der Waals surface area (Å²) in [5, 5.41) is 3.48. The predicted octanol–water partition coefficient (Wildman–Crippen LogP) is 2.89. The minimum absolute atomic E-state index is 0.444. The van der Waals surface area contributed by atoms with Gasteiger partial charge >= 0.3 is 0 Å². The number of rotatable bonds is 5. The summed E-state index contributed by atoms with van der Waals surface area (Å²) >= 11 is 0. The maximum absolute atomic E-state index is 6.03. The highest BCUT2D eigenvalue weighted by atomic mass is 16.5. The highest BCUT2D eigenvalue weighted by Gasteiger charge is 2.24. The molecule has 0 bridgehead atoms. The molecule has 4 heteroatoms. The summed E-state index contributed by atoms with van der Waals surface area (Å²) < 4.78 is 10.5. The fraction of sp³-hybridized carbons (Fsp3) is 0.571. The number of benzene rings is 1. The first-order chi connectivity index (χ1) is 8.65. The number of nitrogens with one attached hydrogen (secondary N) is 1. The zero-order valence-electron chi connectivity index (χ0n) is 11.3. The molecule has 0 heterocycles. The molecule has 1 aromatic rings. The number of nitrogens with two attached hydrogens (primary N) is 1. The van der Waals surface area contributed by atoms with Crippen molar-refractivity contribution in [2.75, 3.05) is 25.3 Å². The van der Waals surface area contributed by atoms with Gasteiger partial charge in [0.15, 0.2) is 11.5 Å². The molecule has 0 saturated heterocycles. The Hall–Kier alpha value is -1.58. The third kappa shape index (κ3) is 2.47. The highest BCUT2D eigenvalue weighted by Crippen LogP contribution is 2.37. The second-order valence-corrected chi connectivity index (χ2v) is 4.92. The molecule has 1 fully saturated rings. The van der Waals surface area contributed by atoms with E-state index in [0.29, 0.717) is 23.2 Å². The van der Waals surface area contributed by atoms with Gasteiger partial charge in [-0.3, -0.25) is 0 Å². The molecule has 0 amide bonds. The molecule has 0 radical (unpaired) electrons. The zero-order valence-corrected chi connectivity index (χ0v) is 11.3. The molecule has 1 aromatic carbocycles. The Bertz CT molecular complexity index is 417. The normalized spacial score (nSPS) is 16.8. The summed E-state index contributed by atoms with van der Waals surface area (Å²) in [6.07, 6.45) is 3.96. The van der Waals surface area contributed by atoms with Crippen LogP contribution in [0.5, 0.6) is 11.5 Å². The van der Waals surface area contributed by atoms with Gasteiger partial charge in [-0.15, -0.1) is 0 Å². The van der Waals surface area contributed by atoms with E-state index in [4.69, 9.17) is 15.2 Å². The van der Waals surface area contributed by atoms with Gasteiger partial charge < -0.3 is 20.5 Å². The third-order valence-electron chi connectivity index (χ3n) is 3.80. The summed E-state index contributed by atoms with van der Waals surface area (Å²) in [5.41, 5.74) is 7.65. The maximum atomic E-state index is 6.03. The van der Waals surface area contributed by atoms with Crippen LogP contribution in [0.2, 0.25) is 0 Å². The Balaban J connectivity index is 2.16. The first kappa shape index (κ1) is 12.9. The molecule has 18 heavy (non-hydrogen) atoms. The predicted molar refractivity (Wildman–Crippen MR) is 74.4 cm³/mol. The van der Waals surface area contributed by atoms with E-state index in [2.05, 4.69) is 12.2 Å². The minimum Gasteiger partial charge on any atom is -0.493 e. The maximum Gasteiger partial charge on any atom is 0.162 e. The summed E-state index contributed by atoms with van der Waals surface area (Å²) in [7, 11) is 3.24. The van der Waals surface area contributed by atoms with E-state index >= 15 is 0 Å². The van der Waals surface area contributed by atoms with E-state index in [1.807, 2.05) is 6.07 Å². The van der Waals surface area contributed by atoms with Crippen LogP contribution in [0.3, 0.4) is 0 Å². The molecule has 1 unspecified atom stereocenters. The number of hydrogen-bond donors (Lipinski definition) is 2. The van der Waals surface area contributed by atoms with Gasteiger partial charge in [-0.25, -0.2) is 0 Å². The fourth-order valence-corrected chi connectivity index (χ4v) is 2.32. The lowest BCUT2D eigenvalue weighted by molar-refractivity contribution is 0.285. The number of ether oxygens (including phenoxy) is 2. The van der Waals surface area contributed by atoms with Crippen LogP contribution in [0.4, 0.5) is 11.4 Å². The van der Waals surface area contributed by atoms with Crippen molar-refractivity contribution in [3.63, 3.8) is 0 Å². The van der Waals surface area contributed by atoms with Gasteiger partial charge in [-0.05, 0) is 25.7 Å². The Morgan fingerprint density at radius 2 is 1.83 bits per heavy atom. The molecule has 1 saturated carbocycles. The Labute approximate surface area is 108 Å². The van der Waals surface area contributed by atoms with Crippen molar-refractivity contribution in [1.82, 2.24) is 0 Å². The van der Waals surface area contributed by atoms with Crippen molar-refractivity contribution in [3.05, 3.63) is 12.1 Å². The lowest BCUT2D eigenvalue weighted by Gasteiger charge is -2.33. The highest BCUT2D eigenvalue weighted by molar-refractivity contribution is 5.72. The minimum atomic E-state index is 0.444. The second-order valence-electron chi connectivity index (χ2n) is 4.92. The van der Waals surface area contributed by atoms with E-state index in [9.17, 15) is 0 Å². The number of nitrogen functional groups attached to an aromatic ring is 1. The van der Waals surface area contributed by atoms with Crippen molar-refractivity contribution < 1.29 is 9.47 Å². The molecule has 0 aliphatic heterocycles. The fourth-order valence-electron chi connectivity index (χ4n) is 2.32. The average Bonchev–Trinajstić information content (AvgIpc) is 2.28. The van der Waals surface area contributed by atoms with Crippen LogP contribution in [0.25, 0.3) is 0 Å². The van der Waals surface area contributed by atoms with Crippen LogP contribution in [-0.2, 0) is 0 Å². The molecule has 0 spiro atoms. The van der Waals surface area contributed by atoms with Crippen LogP contribution in [0.1, 0.15) is 26.2 Å². The number of methoxy groups -OCH3 is 2. The van der Waals surface area contributed by atoms with Crippen LogP contribution < -0.4 is 20.5 Å². The molecule has 2 rings (SSSR count). The topological polar surface area (TPSA) is 56.5 Å². The molecule has 100 valence electrons. The lowest BCUT2D eigenvalue weighted by atomic mass is 9.80. The Morgan fingerprint density at radius 3 is 2.33 bits per heavy atom. The molecule has 0 aromatic heterocycles. The van der Waals surface area contributed by atoms with Gasteiger partial charge in [0.05, 0.1) is 25.6 Å². The van der Waals surface area contributed by atoms with Gasteiger partial charge in [-0.2, -0.15) is 0 Å². The van der Waals surface area contributed by atoms with E-state index < -0.39 is 0 Å². The zero-order chi connectivity index (χ0) is 13.1. The Kier molecular flexibility index (Phi) is 3.84. The van der Waals surface area contributed by atoms with Gasteiger partial charge in [0.2, 0.25) is 0 Å². The van der Waals surface area contributed by atoms with Crippen molar-refractivity contribution in [2.24, 2.45) is 5.92 Å². The van der Waals surface area contributed by atoms with Crippen molar-refractivity contribution >= 4 is 11.4 Å². The third-order valence-corrected chi connectivity index (χ3v) is 3.80. The van der Waals surface area contributed by atoms with Crippen LogP contribution >= 0.6 is 0 Å². The van der Waals surface area contributed by atoms with Gasteiger partial charge in [-0.1, -0.05) is 6.42 Å². The van der Waals surface area contributed by atoms with E-state index in [0.717, 1.165) is 11.6 Å². The average molecular weight is 250 g/mol. The van der Waals surface area contributed by atoms with E-state index in [1.165, 1.54) is 19.3 Å². The van der Waals surface area contributed by atoms with Gasteiger partial charge in [0, 0.05) is 18.2 Å². The van der Waals surface area contributed by atoms with Crippen LogP contribution in [0.15, 0.2) is 12.1 Å². The van der Waals surface area contributed by atoms with Crippen LogP contribution in [0, 0.1) is 5.92 Å². The summed E-state index contributed by atoms with van der Waals surface area (Å²) in [6, 6.07) is 4.15. The molecule has 1 aliphatic carbocycles. The van der Waals surface area contributed by atoms with Crippen molar-refractivity contribution in [1.29, 1.82) is 0 Å². The van der Waals surface area contributed by atoms with Gasteiger partial charge in [0.1, 0.15) is 0 Å². The van der Waals surface area contributed by atoms with Crippen LogP contribution in [-0.4, -0.2) is 20.3 Å². The van der Waals surface area contributed by atoms with Gasteiger partial charge in [0.25, 0.3) is 0 Å². The molecular weight excluding hydrogens is 228 g/mol. The lowest BCUT2D eigenvalue weighted by Crippen LogP contribution is -2.31. The molecule has 4 nitrogen and oxygen atoms in total. The van der Waals surface area contributed by atoms with Crippen molar-refractivity contribution in [2.45, 2.75) is 32.2 Å². The molecule has 1 aliphatic rings. The van der Waals surface area contributed by atoms with E-state index in [1.54, 1.807) is 20.3 Å². The molecule has 1 atom stereocenters. The summed E-state index contributed by atoms with van der Waals surface area (Å²) in [4.78, 5) is 0. The monoisotopic (exact) mass is 250 g/mol. The largest absolute Gasteiger partial charge is 0.493 e. The summed E-state index contributed by atoms with van der Waals surface area (Å²) in [6.45, 7) is 2.21. The number of anilines is 2. The van der Waals surface area contributed by atoms with E-state index in [-0.39, 0.29) is 0 Å². The summed E-state index contributed by atoms with van der Waals surface area (Å²) in [5.74, 6) is 2.13. The first-order valence-electron chi connectivity index (χ1n) is 6.43. The second kappa shape index (κ2) is 5.38. The molecular formula is C14H22N2O2. The number of hydrogen-bond acceptors (Lipinski definition) is 4. The van der Waals surface area contributed by atoms with Crippen molar-refractivity contribution in [3.8, 4) is 11.5 Å². The SMILES string of the molecule is COc1cc(N)c(NC(C)C2CCC2)cc1OC. The molecule has 3 N–H and O–H groups in total. The Morgan fingerprint density at radius 1 is 1.22 bits per heavy atom. The quantitative estimate of drug-likeness (QED) is 0.789. The smallest absolute Gasteiger partial charge is 0.162 e. The standard InChI is InChI=1S/C14H22N2O2/c1-9(10-5-4-6-10)16-12-8-14(18-3)13(17-2)7-11(12)15/h7-10,16H,4-6,15H2,1-3H3. The first-order valence-corrected chi connectivity index (χ1v) is 6.43.